The molecule has 20 heavy (non-hydrogen) atoms. The Balaban J connectivity index is 1.92. The first kappa shape index (κ1) is 15.0. The lowest BCUT2D eigenvalue weighted by atomic mass is 10.2. The Morgan fingerprint density at radius 3 is 2.70 bits per heavy atom. The maximum Gasteiger partial charge on any atom is 0.258 e. The van der Waals surface area contributed by atoms with Gasteiger partial charge in [0.1, 0.15) is 5.82 Å². The zero-order valence-electron chi connectivity index (χ0n) is 11.3. The van der Waals surface area contributed by atoms with E-state index >= 15 is 0 Å². The average Bonchev–Trinajstić information content (AvgIpc) is 2.41. The van der Waals surface area contributed by atoms with Gasteiger partial charge in [-0.15, -0.1) is 0 Å². The molecular formula is C14H17ClFN3O. The molecule has 0 aromatic heterocycles. The number of amides is 1. The van der Waals surface area contributed by atoms with Crippen molar-refractivity contribution in [2.45, 2.75) is 0 Å². The van der Waals surface area contributed by atoms with Gasteiger partial charge in [-0.2, -0.15) is 0 Å². The molecule has 1 aliphatic rings. The van der Waals surface area contributed by atoms with E-state index in [0.29, 0.717) is 0 Å². The first-order chi connectivity index (χ1) is 9.56. The van der Waals surface area contributed by atoms with Crippen molar-refractivity contribution in [3.63, 3.8) is 0 Å². The van der Waals surface area contributed by atoms with Gasteiger partial charge in [0.2, 0.25) is 0 Å². The molecule has 2 rings (SSSR count). The van der Waals surface area contributed by atoms with Crippen molar-refractivity contribution in [1.29, 1.82) is 0 Å². The number of likely N-dealkylation sites (N-methyl/N-ethyl adjacent to an activating group) is 1. The summed E-state index contributed by atoms with van der Waals surface area (Å²) in [5.41, 5.74) is 2.99. The van der Waals surface area contributed by atoms with E-state index in [2.05, 4.69) is 10.3 Å². The van der Waals surface area contributed by atoms with Crippen LogP contribution in [0, 0.1) is 5.82 Å². The van der Waals surface area contributed by atoms with Crippen LogP contribution in [0.2, 0.25) is 5.02 Å². The van der Waals surface area contributed by atoms with Crippen LogP contribution in [0.4, 0.5) is 4.39 Å². The van der Waals surface area contributed by atoms with E-state index in [-0.39, 0.29) is 16.5 Å². The Hall–Kier alpha value is -1.43. The van der Waals surface area contributed by atoms with Gasteiger partial charge in [0, 0.05) is 37.8 Å². The summed E-state index contributed by atoms with van der Waals surface area (Å²) in [5, 5.41) is 2.14. The summed E-state index contributed by atoms with van der Waals surface area (Å²) in [5.74, 6) is -0.727. The molecule has 1 aromatic rings. The molecule has 6 heteroatoms. The van der Waals surface area contributed by atoms with Crippen molar-refractivity contribution in [2.24, 2.45) is 0 Å². The zero-order chi connectivity index (χ0) is 14.5. The lowest BCUT2D eigenvalue weighted by Gasteiger charge is -2.31. The summed E-state index contributed by atoms with van der Waals surface area (Å²) in [6, 6.07) is 4.42. The smallest absolute Gasteiger partial charge is 0.258 e. The number of hydrogen-bond acceptors (Lipinski definition) is 3. The van der Waals surface area contributed by atoms with E-state index in [4.69, 9.17) is 11.6 Å². The standard InChI is InChI=1S/C14H17ClFN3O/c1-18-7-9-19(10-8-18)17-14(20)6-5-11-12(15)3-2-4-13(11)16/h2-6H,7-10H2,1H3,(H,17,20). The second-order valence-electron chi connectivity index (χ2n) is 4.74. The SMILES string of the molecule is CN1CCN(NC(=O)C=Cc2c(F)cccc2Cl)CC1. The molecule has 4 nitrogen and oxygen atoms in total. The molecule has 108 valence electrons. The van der Waals surface area contributed by atoms with Gasteiger partial charge < -0.3 is 4.90 Å². The first-order valence-corrected chi connectivity index (χ1v) is 6.80. The van der Waals surface area contributed by atoms with Gasteiger partial charge in [-0.25, -0.2) is 9.40 Å². The summed E-state index contributed by atoms with van der Waals surface area (Å²) in [6.07, 6.45) is 2.69. The number of nitrogens with one attached hydrogen (secondary N) is 1. The number of carbonyl (C=O) groups is 1. The Bertz CT molecular complexity index is 493. The molecule has 1 aromatic carbocycles. The molecule has 1 aliphatic heterocycles. The van der Waals surface area contributed by atoms with Crippen LogP contribution in [0.25, 0.3) is 6.08 Å². The highest BCUT2D eigenvalue weighted by atomic mass is 35.5. The Labute approximate surface area is 122 Å². The summed E-state index contributed by atoms with van der Waals surface area (Å²) in [6.45, 7) is 3.36. The van der Waals surface area contributed by atoms with Gasteiger partial charge in [-0.1, -0.05) is 17.7 Å². The summed E-state index contributed by atoms with van der Waals surface area (Å²) in [7, 11) is 2.04. The quantitative estimate of drug-likeness (QED) is 0.864. The van der Waals surface area contributed by atoms with Crippen LogP contribution >= 0.6 is 11.6 Å². The van der Waals surface area contributed by atoms with Crippen molar-refractivity contribution in [2.75, 3.05) is 33.2 Å². The number of carbonyl (C=O) groups excluding carboxylic acids is 1. The van der Waals surface area contributed by atoms with Gasteiger partial charge >= 0.3 is 0 Å². The van der Waals surface area contributed by atoms with E-state index in [9.17, 15) is 9.18 Å². The molecule has 0 unspecified atom stereocenters. The van der Waals surface area contributed by atoms with Crippen LogP contribution in [0.5, 0.6) is 0 Å². The van der Waals surface area contributed by atoms with E-state index in [0.717, 1.165) is 26.2 Å². The van der Waals surface area contributed by atoms with Gasteiger partial charge in [-0.3, -0.25) is 10.2 Å². The second-order valence-corrected chi connectivity index (χ2v) is 5.14. The van der Waals surface area contributed by atoms with Gasteiger partial charge in [0.15, 0.2) is 0 Å². The lowest BCUT2D eigenvalue weighted by Crippen LogP contribution is -2.52. The van der Waals surface area contributed by atoms with Crippen molar-refractivity contribution in [3.8, 4) is 0 Å². The molecule has 0 saturated carbocycles. The molecule has 1 fully saturated rings. The third-order valence-corrected chi connectivity index (χ3v) is 3.50. The van der Waals surface area contributed by atoms with Crippen LogP contribution in [-0.4, -0.2) is 49.0 Å². The number of piperazine rings is 1. The van der Waals surface area contributed by atoms with Crippen LogP contribution in [0.15, 0.2) is 24.3 Å². The van der Waals surface area contributed by atoms with Gasteiger partial charge in [-0.05, 0) is 25.3 Å². The molecule has 0 spiro atoms. The van der Waals surface area contributed by atoms with Crippen molar-refractivity contribution < 1.29 is 9.18 Å². The van der Waals surface area contributed by atoms with Crippen molar-refractivity contribution in [3.05, 3.63) is 40.7 Å². The Morgan fingerprint density at radius 2 is 2.05 bits per heavy atom. The highest BCUT2D eigenvalue weighted by molar-refractivity contribution is 6.32. The fourth-order valence-electron chi connectivity index (χ4n) is 1.94. The van der Waals surface area contributed by atoms with E-state index in [1.54, 1.807) is 6.07 Å². The van der Waals surface area contributed by atoms with Crippen LogP contribution in [-0.2, 0) is 4.79 Å². The van der Waals surface area contributed by atoms with Crippen LogP contribution in [0.1, 0.15) is 5.56 Å². The number of nitrogens with zero attached hydrogens (tertiary/aromatic N) is 2. The maximum absolute atomic E-state index is 13.5. The van der Waals surface area contributed by atoms with Gasteiger partial charge in [0.05, 0.1) is 5.02 Å². The van der Waals surface area contributed by atoms with Crippen molar-refractivity contribution >= 4 is 23.6 Å². The lowest BCUT2D eigenvalue weighted by molar-refractivity contribution is -0.121. The molecule has 0 atom stereocenters. The predicted octanol–water partition coefficient (Wildman–Crippen LogP) is 1.77. The van der Waals surface area contributed by atoms with Crippen LogP contribution < -0.4 is 5.43 Å². The Kier molecular flexibility index (Phi) is 5.11. The topological polar surface area (TPSA) is 35.6 Å². The van der Waals surface area contributed by atoms with Gasteiger partial charge in [0.25, 0.3) is 5.91 Å². The summed E-state index contributed by atoms with van der Waals surface area (Å²) < 4.78 is 13.5. The molecule has 1 saturated heterocycles. The predicted molar refractivity (Wildman–Crippen MR) is 77.7 cm³/mol. The zero-order valence-corrected chi connectivity index (χ0v) is 12.0. The number of rotatable bonds is 3. The number of hydrogen-bond donors (Lipinski definition) is 1. The minimum absolute atomic E-state index is 0.225. The van der Waals surface area contributed by atoms with E-state index in [1.807, 2.05) is 12.1 Å². The molecule has 0 aliphatic carbocycles. The highest BCUT2D eigenvalue weighted by Gasteiger charge is 2.14. The molecule has 1 heterocycles. The largest absolute Gasteiger partial charge is 0.304 e. The molecule has 0 bridgehead atoms. The fourth-order valence-corrected chi connectivity index (χ4v) is 2.17. The minimum Gasteiger partial charge on any atom is -0.304 e. The summed E-state index contributed by atoms with van der Waals surface area (Å²) >= 11 is 5.88. The number of hydrazine groups is 1. The molecule has 1 amide bonds. The van der Waals surface area contributed by atoms with E-state index in [1.165, 1.54) is 24.3 Å². The monoisotopic (exact) mass is 297 g/mol. The minimum atomic E-state index is -0.443. The highest BCUT2D eigenvalue weighted by Crippen LogP contribution is 2.20. The van der Waals surface area contributed by atoms with Crippen molar-refractivity contribution in [1.82, 2.24) is 15.3 Å². The molecular weight excluding hydrogens is 281 g/mol. The number of halogens is 2. The second kappa shape index (κ2) is 6.83. The fraction of sp³-hybridized carbons (Fsp3) is 0.357. The third-order valence-electron chi connectivity index (χ3n) is 3.17. The maximum atomic E-state index is 13.5. The molecule has 1 N–H and O–H groups in total. The van der Waals surface area contributed by atoms with Crippen LogP contribution in [0.3, 0.4) is 0 Å². The summed E-state index contributed by atoms with van der Waals surface area (Å²) in [4.78, 5) is 14.0. The average molecular weight is 298 g/mol. The normalized spacial score (nSPS) is 17.6. The van der Waals surface area contributed by atoms with E-state index < -0.39 is 5.82 Å². The first-order valence-electron chi connectivity index (χ1n) is 6.42. The third kappa shape index (κ3) is 4.03. The number of benzene rings is 1. The Morgan fingerprint density at radius 1 is 1.35 bits per heavy atom. The molecule has 0 radical (unpaired) electrons.